The van der Waals surface area contributed by atoms with Crippen LogP contribution in [0.4, 0.5) is 0 Å². The van der Waals surface area contributed by atoms with Gasteiger partial charge in [-0.2, -0.15) is 0 Å². The van der Waals surface area contributed by atoms with Gasteiger partial charge in [-0.15, -0.1) is 0 Å². The van der Waals surface area contributed by atoms with E-state index in [9.17, 15) is 0 Å². The molecule has 1 fully saturated rings. The first-order valence-electron chi connectivity index (χ1n) is 5.94. The molecule has 1 saturated heterocycles. The van der Waals surface area contributed by atoms with E-state index in [-0.39, 0.29) is 6.04 Å². The molecule has 0 radical (unpaired) electrons. The highest BCUT2D eigenvalue weighted by atomic mass is 79.9. The molecule has 1 unspecified atom stereocenters. The summed E-state index contributed by atoms with van der Waals surface area (Å²) in [7, 11) is 0. The predicted octanol–water partition coefficient (Wildman–Crippen LogP) is 1.94. The molecule has 0 bridgehead atoms. The summed E-state index contributed by atoms with van der Waals surface area (Å²) in [6.45, 7) is 3.79. The molecule has 0 aromatic heterocycles. The summed E-state index contributed by atoms with van der Waals surface area (Å²) in [5, 5.41) is 2.87. The summed E-state index contributed by atoms with van der Waals surface area (Å²) >= 11 is 9.48. The van der Waals surface area contributed by atoms with Gasteiger partial charge in [-0.05, 0) is 17.7 Å². The van der Waals surface area contributed by atoms with Crippen molar-refractivity contribution < 1.29 is 4.74 Å². The van der Waals surface area contributed by atoms with Crippen molar-refractivity contribution >= 4 is 27.5 Å². The largest absolute Gasteiger partial charge is 0.379 e. The maximum atomic E-state index is 5.95. The summed E-state index contributed by atoms with van der Waals surface area (Å²) in [6, 6.07) is 5.85. The standard InChI is InChI=1S/C12H17BrClN3O/c13-11-7-9(14)1-2-10(11)12(8-15)16-17-3-5-18-6-4-17/h1-2,7,12,16H,3-6,8,15H2. The molecule has 100 valence electrons. The van der Waals surface area contributed by atoms with E-state index in [4.69, 9.17) is 22.1 Å². The fourth-order valence-electron chi connectivity index (χ4n) is 1.95. The number of nitrogens with two attached hydrogens (primary N) is 1. The molecule has 1 aliphatic heterocycles. The van der Waals surface area contributed by atoms with Gasteiger partial charge in [0.1, 0.15) is 0 Å². The third-order valence-corrected chi connectivity index (χ3v) is 3.84. The highest BCUT2D eigenvalue weighted by Crippen LogP contribution is 2.26. The molecule has 1 aliphatic rings. The first kappa shape index (κ1) is 14.2. The van der Waals surface area contributed by atoms with Crippen LogP contribution in [-0.2, 0) is 4.74 Å². The van der Waals surface area contributed by atoms with Crippen LogP contribution >= 0.6 is 27.5 Å². The Labute approximate surface area is 121 Å². The van der Waals surface area contributed by atoms with Crippen LogP contribution in [0.5, 0.6) is 0 Å². The van der Waals surface area contributed by atoms with Crippen molar-refractivity contribution in [2.75, 3.05) is 32.8 Å². The van der Waals surface area contributed by atoms with Gasteiger partial charge in [-0.25, -0.2) is 10.4 Å². The zero-order valence-electron chi connectivity index (χ0n) is 10.0. The van der Waals surface area contributed by atoms with E-state index in [0.29, 0.717) is 11.6 Å². The summed E-state index contributed by atoms with van der Waals surface area (Å²) in [5.74, 6) is 0. The van der Waals surface area contributed by atoms with Crippen LogP contribution in [0, 0.1) is 0 Å². The van der Waals surface area contributed by atoms with Gasteiger partial charge in [0.2, 0.25) is 0 Å². The molecule has 1 atom stereocenters. The Hall–Kier alpha value is -0.170. The van der Waals surface area contributed by atoms with E-state index < -0.39 is 0 Å². The van der Waals surface area contributed by atoms with Crippen LogP contribution in [0.1, 0.15) is 11.6 Å². The molecule has 1 aromatic carbocycles. The van der Waals surface area contributed by atoms with Gasteiger partial charge in [0.25, 0.3) is 0 Å². The van der Waals surface area contributed by atoms with E-state index in [1.54, 1.807) is 0 Å². The van der Waals surface area contributed by atoms with E-state index in [2.05, 4.69) is 26.4 Å². The Morgan fingerprint density at radius 1 is 1.44 bits per heavy atom. The Kier molecular flexibility index (Phi) is 5.41. The van der Waals surface area contributed by atoms with Crippen LogP contribution in [0.2, 0.25) is 5.02 Å². The summed E-state index contributed by atoms with van der Waals surface area (Å²) in [4.78, 5) is 0. The van der Waals surface area contributed by atoms with Gasteiger partial charge < -0.3 is 10.5 Å². The first-order chi connectivity index (χ1) is 8.70. The number of nitrogens with zero attached hydrogens (tertiary/aromatic N) is 1. The third-order valence-electron chi connectivity index (χ3n) is 2.92. The van der Waals surface area contributed by atoms with Crippen molar-refractivity contribution in [2.45, 2.75) is 6.04 Å². The Bertz CT molecular complexity index is 399. The normalized spacial score (nSPS) is 18.8. The van der Waals surface area contributed by atoms with E-state index in [1.165, 1.54) is 0 Å². The number of halogens is 2. The molecular weight excluding hydrogens is 318 g/mol. The average Bonchev–Trinajstić information content (AvgIpc) is 2.38. The van der Waals surface area contributed by atoms with Crippen LogP contribution in [0.3, 0.4) is 0 Å². The topological polar surface area (TPSA) is 50.5 Å². The molecular formula is C12H17BrClN3O. The minimum absolute atomic E-state index is 0.0785. The van der Waals surface area contributed by atoms with Gasteiger partial charge in [0, 0.05) is 29.1 Å². The van der Waals surface area contributed by atoms with E-state index >= 15 is 0 Å². The molecule has 3 N–H and O–H groups in total. The number of hydrogen-bond acceptors (Lipinski definition) is 4. The van der Waals surface area contributed by atoms with Crippen LogP contribution in [-0.4, -0.2) is 37.9 Å². The summed E-state index contributed by atoms with van der Waals surface area (Å²) < 4.78 is 6.30. The van der Waals surface area contributed by atoms with Gasteiger partial charge in [0.15, 0.2) is 0 Å². The maximum Gasteiger partial charge on any atom is 0.0608 e. The number of benzene rings is 1. The number of nitrogens with one attached hydrogen (secondary N) is 1. The maximum absolute atomic E-state index is 5.95. The second-order valence-electron chi connectivity index (χ2n) is 4.18. The van der Waals surface area contributed by atoms with Gasteiger partial charge in [-0.1, -0.05) is 33.6 Å². The smallest absolute Gasteiger partial charge is 0.0608 e. The lowest BCUT2D eigenvalue weighted by Crippen LogP contribution is -2.48. The third kappa shape index (κ3) is 3.66. The molecule has 1 aromatic rings. The van der Waals surface area contributed by atoms with Crippen LogP contribution in [0.25, 0.3) is 0 Å². The van der Waals surface area contributed by atoms with E-state index in [0.717, 1.165) is 36.3 Å². The molecule has 2 rings (SSSR count). The summed E-state index contributed by atoms with van der Waals surface area (Å²) in [5.41, 5.74) is 10.4. The summed E-state index contributed by atoms with van der Waals surface area (Å²) in [6.07, 6.45) is 0. The monoisotopic (exact) mass is 333 g/mol. The van der Waals surface area contributed by atoms with Crippen molar-refractivity contribution in [2.24, 2.45) is 5.73 Å². The molecule has 0 spiro atoms. The minimum atomic E-state index is 0.0785. The van der Waals surface area contributed by atoms with Crippen molar-refractivity contribution in [3.05, 3.63) is 33.3 Å². The Morgan fingerprint density at radius 2 is 2.17 bits per heavy atom. The number of hydrazine groups is 1. The number of ether oxygens (including phenoxy) is 1. The highest BCUT2D eigenvalue weighted by molar-refractivity contribution is 9.10. The second kappa shape index (κ2) is 6.84. The van der Waals surface area contributed by atoms with Crippen LogP contribution in [0.15, 0.2) is 22.7 Å². The van der Waals surface area contributed by atoms with Gasteiger partial charge in [0.05, 0.1) is 19.3 Å². The number of hydrogen-bond donors (Lipinski definition) is 2. The molecule has 0 amide bonds. The molecule has 4 nitrogen and oxygen atoms in total. The zero-order chi connectivity index (χ0) is 13.0. The van der Waals surface area contributed by atoms with Crippen LogP contribution < -0.4 is 11.2 Å². The molecule has 1 heterocycles. The molecule has 0 saturated carbocycles. The fraction of sp³-hybridized carbons (Fsp3) is 0.500. The van der Waals surface area contributed by atoms with Crippen molar-refractivity contribution in [1.29, 1.82) is 0 Å². The fourth-order valence-corrected chi connectivity index (χ4v) is 2.91. The molecule has 18 heavy (non-hydrogen) atoms. The average molecular weight is 335 g/mol. The minimum Gasteiger partial charge on any atom is -0.379 e. The lowest BCUT2D eigenvalue weighted by Gasteiger charge is -2.31. The van der Waals surface area contributed by atoms with Crippen molar-refractivity contribution in [3.8, 4) is 0 Å². The lowest BCUT2D eigenvalue weighted by molar-refractivity contribution is 0.00399. The molecule has 0 aliphatic carbocycles. The zero-order valence-corrected chi connectivity index (χ0v) is 12.4. The Morgan fingerprint density at radius 3 is 2.78 bits per heavy atom. The SMILES string of the molecule is NCC(NN1CCOCC1)c1ccc(Cl)cc1Br. The molecule has 6 heteroatoms. The second-order valence-corrected chi connectivity index (χ2v) is 5.47. The number of morpholine rings is 1. The van der Waals surface area contributed by atoms with Crippen molar-refractivity contribution in [1.82, 2.24) is 10.4 Å². The first-order valence-corrected chi connectivity index (χ1v) is 7.11. The van der Waals surface area contributed by atoms with Crippen molar-refractivity contribution in [3.63, 3.8) is 0 Å². The quantitative estimate of drug-likeness (QED) is 0.883. The number of rotatable bonds is 4. The highest BCUT2D eigenvalue weighted by Gasteiger charge is 2.18. The van der Waals surface area contributed by atoms with Gasteiger partial charge >= 0.3 is 0 Å². The van der Waals surface area contributed by atoms with E-state index in [1.807, 2.05) is 18.2 Å². The predicted molar refractivity (Wildman–Crippen MR) is 76.5 cm³/mol. The van der Waals surface area contributed by atoms with Gasteiger partial charge in [-0.3, -0.25) is 0 Å². The Balaban J connectivity index is 2.07. The lowest BCUT2D eigenvalue weighted by atomic mass is 10.1.